The van der Waals surface area contributed by atoms with E-state index in [0.29, 0.717) is 18.8 Å². The first-order valence-corrected chi connectivity index (χ1v) is 11.1. The molecule has 0 heterocycles. The first-order chi connectivity index (χ1) is 14.3. The lowest BCUT2D eigenvalue weighted by atomic mass is 10.1. The Morgan fingerprint density at radius 2 is 1.83 bits per heavy atom. The van der Waals surface area contributed by atoms with Crippen LogP contribution in [0.1, 0.15) is 43.4 Å². The van der Waals surface area contributed by atoms with Gasteiger partial charge in [-0.2, -0.15) is 0 Å². The van der Waals surface area contributed by atoms with Crippen molar-refractivity contribution < 1.29 is 14.3 Å². The van der Waals surface area contributed by atoms with Crippen molar-refractivity contribution in [1.82, 2.24) is 10.2 Å². The third kappa shape index (κ3) is 7.17. The van der Waals surface area contributed by atoms with Crippen molar-refractivity contribution in [2.45, 2.75) is 53.1 Å². The minimum Gasteiger partial charge on any atom is -0.483 e. The molecule has 0 radical (unpaired) electrons. The number of nitrogens with zero attached hydrogens (tertiary/aromatic N) is 1. The van der Waals surface area contributed by atoms with E-state index in [1.54, 1.807) is 11.8 Å². The second-order valence-electron chi connectivity index (χ2n) is 7.53. The first-order valence-electron chi connectivity index (χ1n) is 10.3. The van der Waals surface area contributed by atoms with E-state index in [0.717, 1.165) is 34.0 Å². The minimum atomic E-state index is -0.597. The van der Waals surface area contributed by atoms with Crippen LogP contribution in [0.2, 0.25) is 0 Å². The second kappa shape index (κ2) is 11.7. The number of nitrogens with one attached hydrogen (secondary N) is 1. The van der Waals surface area contributed by atoms with Gasteiger partial charge >= 0.3 is 0 Å². The molecular weight excluding hydrogens is 444 g/mol. The van der Waals surface area contributed by atoms with Gasteiger partial charge in [0.25, 0.3) is 5.91 Å². The Labute approximate surface area is 187 Å². The zero-order valence-corrected chi connectivity index (χ0v) is 19.8. The van der Waals surface area contributed by atoms with Gasteiger partial charge in [-0.25, -0.2) is 0 Å². The molecule has 0 fully saturated rings. The maximum atomic E-state index is 13.1. The normalized spacial score (nSPS) is 11.6. The summed E-state index contributed by atoms with van der Waals surface area (Å²) in [6.45, 7) is 8.63. The monoisotopic (exact) mass is 474 g/mol. The number of aryl methyl sites for hydroxylation is 2. The molecule has 2 aromatic rings. The predicted molar refractivity (Wildman–Crippen MR) is 123 cm³/mol. The van der Waals surface area contributed by atoms with Crippen LogP contribution in [0, 0.1) is 13.8 Å². The Morgan fingerprint density at radius 3 is 2.47 bits per heavy atom. The molecule has 0 unspecified atom stereocenters. The average Bonchev–Trinajstić information content (AvgIpc) is 2.72. The van der Waals surface area contributed by atoms with Gasteiger partial charge in [0.2, 0.25) is 5.91 Å². The maximum absolute atomic E-state index is 13.1. The van der Waals surface area contributed by atoms with Crippen LogP contribution >= 0.6 is 15.9 Å². The van der Waals surface area contributed by atoms with Gasteiger partial charge in [0.15, 0.2) is 6.61 Å². The molecule has 2 aromatic carbocycles. The quantitative estimate of drug-likeness (QED) is 0.504. The summed E-state index contributed by atoms with van der Waals surface area (Å²) < 4.78 is 6.75. The second-order valence-corrected chi connectivity index (χ2v) is 8.44. The molecule has 0 aliphatic heterocycles. The molecule has 0 aromatic heterocycles. The largest absolute Gasteiger partial charge is 0.483 e. The van der Waals surface area contributed by atoms with Gasteiger partial charge < -0.3 is 15.0 Å². The molecule has 0 saturated carbocycles. The molecule has 1 N–H and O–H groups in total. The number of halogens is 1. The van der Waals surface area contributed by atoms with Crippen molar-refractivity contribution in [2.75, 3.05) is 13.2 Å². The molecule has 0 aliphatic rings. The van der Waals surface area contributed by atoms with E-state index in [1.165, 1.54) is 0 Å². The summed E-state index contributed by atoms with van der Waals surface area (Å²) in [4.78, 5) is 27.3. The van der Waals surface area contributed by atoms with E-state index in [-0.39, 0.29) is 18.4 Å². The standard InChI is InChI=1S/C24H31BrN2O3/c1-5-6-13-26-24(29)19(4)27(15-20-8-10-21(25)11-9-20)23(28)16-30-22-12-7-17(2)14-18(22)3/h7-12,14,19H,5-6,13,15-16H2,1-4H3,(H,26,29)/t19-/m1/s1. The zero-order chi connectivity index (χ0) is 22.1. The Kier molecular flexibility index (Phi) is 9.37. The Hall–Kier alpha value is -2.34. The van der Waals surface area contributed by atoms with Crippen LogP contribution in [-0.2, 0) is 16.1 Å². The van der Waals surface area contributed by atoms with E-state index in [1.807, 2.05) is 56.3 Å². The molecule has 2 rings (SSSR count). The molecule has 0 saturated heterocycles. The lowest BCUT2D eigenvalue weighted by Gasteiger charge is -2.29. The van der Waals surface area contributed by atoms with Crippen molar-refractivity contribution in [3.63, 3.8) is 0 Å². The highest BCUT2D eigenvalue weighted by atomic mass is 79.9. The van der Waals surface area contributed by atoms with Crippen LogP contribution in [-0.4, -0.2) is 35.9 Å². The maximum Gasteiger partial charge on any atom is 0.261 e. The Bertz CT molecular complexity index is 852. The summed E-state index contributed by atoms with van der Waals surface area (Å²) in [6, 6.07) is 13.0. The zero-order valence-electron chi connectivity index (χ0n) is 18.2. The Balaban J connectivity index is 2.12. The molecule has 162 valence electrons. The van der Waals surface area contributed by atoms with Gasteiger partial charge in [-0.15, -0.1) is 0 Å². The lowest BCUT2D eigenvalue weighted by molar-refractivity contribution is -0.142. The predicted octanol–water partition coefficient (Wildman–Crippen LogP) is 4.78. The number of hydrogen-bond donors (Lipinski definition) is 1. The topological polar surface area (TPSA) is 58.6 Å². The van der Waals surface area contributed by atoms with Crippen molar-refractivity contribution >= 4 is 27.7 Å². The van der Waals surface area contributed by atoms with Crippen molar-refractivity contribution in [3.8, 4) is 5.75 Å². The highest BCUT2D eigenvalue weighted by Crippen LogP contribution is 2.19. The van der Waals surface area contributed by atoms with Crippen LogP contribution in [0.15, 0.2) is 46.9 Å². The van der Waals surface area contributed by atoms with E-state index in [2.05, 4.69) is 28.2 Å². The van der Waals surface area contributed by atoms with Gasteiger partial charge in [0.05, 0.1) is 0 Å². The summed E-state index contributed by atoms with van der Waals surface area (Å²) in [5, 5.41) is 2.92. The minimum absolute atomic E-state index is 0.118. The van der Waals surface area contributed by atoms with Gasteiger partial charge in [-0.3, -0.25) is 9.59 Å². The number of unbranched alkanes of at least 4 members (excludes halogenated alkanes) is 1. The Morgan fingerprint density at radius 1 is 1.13 bits per heavy atom. The fourth-order valence-electron chi connectivity index (χ4n) is 3.09. The summed E-state index contributed by atoms with van der Waals surface area (Å²) in [5.41, 5.74) is 3.07. The van der Waals surface area contributed by atoms with E-state index in [9.17, 15) is 9.59 Å². The fraction of sp³-hybridized carbons (Fsp3) is 0.417. The first kappa shape index (κ1) is 23.9. The van der Waals surface area contributed by atoms with E-state index < -0.39 is 6.04 Å². The third-order valence-corrected chi connectivity index (χ3v) is 5.47. The van der Waals surface area contributed by atoms with Crippen LogP contribution in [0.25, 0.3) is 0 Å². The number of rotatable bonds is 10. The van der Waals surface area contributed by atoms with Gasteiger partial charge in [0.1, 0.15) is 11.8 Å². The number of carbonyl (C=O) groups excluding carboxylic acids is 2. The highest BCUT2D eigenvalue weighted by Gasteiger charge is 2.26. The fourth-order valence-corrected chi connectivity index (χ4v) is 3.35. The van der Waals surface area contributed by atoms with E-state index in [4.69, 9.17) is 4.74 Å². The van der Waals surface area contributed by atoms with Crippen LogP contribution < -0.4 is 10.1 Å². The summed E-state index contributed by atoms with van der Waals surface area (Å²) in [7, 11) is 0. The van der Waals surface area contributed by atoms with Gasteiger partial charge in [-0.1, -0.05) is 59.1 Å². The molecule has 5 nitrogen and oxygen atoms in total. The lowest BCUT2D eigenvalue weighted by Crippen LogP contribution is -2.49. The molecule has 0 bridgehead atoms. The molecule has 1 atom stereocenters. The van der Waals surface area contributed by atoms with Crippen molar-refractivity contribution in [2.24, 2.45) is 0 Å². The average molecular weight is 475 g/mol. The van der Waals surface area contributed by atoms with Crippen LogP contribution in [0.5, 0.6) is 5.75 Å². The number of ether oxygens (including phenoxy) is 1. The molecule has 6 heteroatoms. The number of benzene rings is 2. The number of amides is 2. The van der Waals surface area contributed by atoms with Gasteiger partial charge in [-0.05, 0) is 56.5 Å². The molecule has 0 spiro atoms. The van der Waals surface area contributed by atoms with Crippen LogP contribution in [0.3, 0.4) is 0 Å². The van der Waals surface area contributed by atoms with Crippen molar-refractivity contribution in [3.05, 3.63) is 63.6 Å². The summed E-state index contributed by atoms with van der Waals surface area (Å²) >= 11 is 3.43. The summed E-state index contributed by atoms with van der Waals surface area (Å²) in [6.07, 6.45) is 1.91. The highest BCUT2D eigenvalue weighted by molar-refractivity contribution is 9.10. The smallest absolute Gasteiger partial charge is 0.261 e. The summed E-state index contributed by atoms with van der Waals surface area (Å²) in [5.74, 6) is 0.300. The van der Waals surface area contributed by atoms with Crippen LogP contribution in [0.4, 0.5) is 0 Å². The molecule has 0 aliphatic carbocycles. The van der Waals surface area contributed by atoms with E-state index >= 15 is 0 Å². The number of hydrogen-bond acceptors (Lipinski definition) is 3. The molecule has 30 heavy (non-hydrogen) atoms. The van der Waals surface area contributed by atoms with Crippen molar-refractivity contribution in [1.29, 1.82) is 0 Å². The third-order valence-electron chi connectivity index (χ3n) is 4.94. The molecule has 2 amide bonds. The number of carbonyl (C=O) groups is 2. The molecular formula is C24H31BrN2O3. The van der Waals surface area contributed by atoms with Gasteiger partial charge in [0, 0.05) is 17.6 Å². The SMILES string of the molecule is CCCCNC(=O)[C@@H](C)N(Cc1ccc(Br)cc1)C(=O)COc1ccc(C)cc1C.